The first kappa shape index (κ1) is 11.5. The topological polar surface area (TPSA) is 41.6 Å². The largest absolute Gasteiger partial charge is 0.464 e. The van der Waals surface area contributed by atoms with Crippen LogP contribution in [-0.2, 0) is 9.53 Å². The zero-order valence-corrected chi connectivity index (χ0v) is 10.4. The summed E-state index contributed by atoms with van der Waals surface area (Å²) in [6.45, 7) is 3.98. The SMILES string of the molecule is O=C1OCCC1N(CC1CCCNC1)C1CC1. The summed E-state index contributed by atoms with van der Waals surface area (Å²) in [5, 5.41) is 3.46. The highest BCUT2D eigenvalue weighted by atomic mass is 16.5. The van der Waals surface area contributed by atoms with Gasteiger partial charge in [-0.2, -0.15) is 0 Å². The summed E-state index contributed by atoms with van der Waals surface area (Å²) in [7, 11) is 0. The van der Waals surface area contributed by atoms with Crippen LogP contribution in [0, 0.1) is 5.92 Å². The lowest BCUT2D eigenvalue weighted by molar-refractivity contribution is -0.142. The van der Waals surface area contributed by atoms with Crippen LogP contribution in [-0.4, -0.2) is 49.2 Å². The molecule has 2 heterocycles. The molecule has 2 atom stereocenters. The van der Waals surface area contributed by atoms with E-state index in [4.69, 9.17) is 4.74 Å². The van der Waals surface area contributed by atoms with Gasteiger partial charge >= 0.3 is 5.97 Å². The first-order valence-corrected chi connectivity index (χ1v) is 6.97. The van der Waals surface area contributed by atoms with Gasteiger partial charge in [-0.1, -0.05) is 0 Å². The van der Waals surface area contributed by atoms with E-state index in [1.807, 2.05) is 0 Å². The highest BCUT2D eigenvalue weighted by Crippen LogP contribution is 2.32. The second kappa shape index (κ2) is 4.94. The van der Waals surface area contributed by atoms with Crippen LogP contribution in [0.25, 0.3) is 0 Å². The summed E-state index contributed by atoms with van der Waals surface area (Å²) in [5.41, 5.74) is 0. The molecular formula is C13H22N2O2. The molecule has 0 spiro atoms. The lowest BCUT2D eigenvalue weighted by Gasteiger charge is -2.32. The van der Waals surface area contributed by atoms with Gasteiger partial charge in [-0.15, -0.1) is 0 Å². The molecule has 2 unspecified atom stereocenters. The van der Waals surface area contributed by atoms with Gasteiger partial charge in [0.25, 0.3) is 0 Å². The van der Waals surface area contributed by atoms with Crippen LogP contribution < -0.4 is 5.32 Å². The van der Waals surface area contributed by atoms with Gasteiger partial charge in [0.2, 0.25) is 0 Å². The number of cyclic esters (lactones) is 1. The smallest absolute Gasteiger partial charge is 0.323 e. The summed E-state index contributed by atoms with van der Waals surface area (Å²) in [5.74, 6) is 0.735. The van der Waals surface area contributed by atoms with Gasteiger partial charge < -0.3 is 10.1 Å². The molecule has 3 rings (SSSR count). The fraction of sp³-hybridized carbons (Fsp3) is 0.923. The molecule has 1 saturated carbocycles. The van der Waals surface area contributed by atoms with Crippen molar-refractivity contribution >= 4 is 5.97 Å². The molecule has 0 aromatic carbocycles. The molecule has 0 aromatic rings. The van der Waals surface area contributed by atoms with Gasteiger partial charge in [0.05, 0.1) is 6.61 Å². The molecule has 1 aliphatic carbocycles. The second-order valence-electron chi connectivity index (χ2n) is 5.61. The first-order valence-electron chi connectivity index (χ1n) is 6.97. The number of piperidine rings is 1. The number of rotatable bonds is 4. The van der Waals surface area contributed by atoms with Crippen LogP contribution in [0.15, 0.2) is 0 Å². The van der Waals surface area contributed by atoms with E-state index in [1.54, 1.807) is 0 Å². The second-order valence-corrected chi connectivity index (χ2v) is 5.61. The van der Waals surface area contributed by atoms with Crippen molar-refractivity contribution < 1.29 is 9.53 Å². The van der Waals surface area contributed by atoms with Crippen molar-refractivity contribution in [2.45, 2.75) is 44.2 Å². The third-order valence-electron chi connectivity index (χ3n) is 4.19. The fourth-order valence-electron chi connectivity index (χ4n) is 3.10. The molecule has 0 radical (unpaired) electrons. The Kier molecular flexibility index (Phi) is 3.34. The Morgan fingerprint density at radius 1 is 1.29 bits per heavy atom. The number of nitrogens with one attached hydrogen (secondary N) is 1. The number of ether oxygens (including phenoxy) is 1. The van der Waals surface area contributed by atoms with Crippen molar-refractivity contribution in [2.75, 3.05) is 26.2 Å². The highest BCUT2D eigenvalue weighted by molar-refractivity contribution is 5.77. The predicted molar refractivity (Wildman–Crippen MR) is 64.7 cm³/mol. The highest BCUT2D eigenvalue weighted by Gasteiger charge is 2.41. The van der Waals surface area contributed by atoms with Gasteiger partial charge in [0.15, 0.2) is 0 Å². The van der Waals surface area contributed by atoms with Crippen molar-refractivity contribution in [3.63, 3.8) is 0 Å². The number of esters is 1. The van der Waals surface area contributed by atoms with Crippen LogP contribution >= 0.6 is 0 Å². The molecule has 2 aliphatic heterocycles. The number of nitrogens with zero attached hydrogens (tertiary/aromatic N) is 1. The average Bonchev–Trinajstić information content (AvgIpc) is 3.11. The molecule has 96 valence electrons. The molecule has 0 aromatic heterocycles. The minimum atomic E-state index is 0.0145. The molecular weight excluding hydrogens is 216 g/mol. The van der Waals surface area contributed by atoms with Crippen LogP contribution in [0.1, 0.15) is 32.1 Å². The Hall–Kier alpha value is -0.610. The molecule has 0 bridgehead atoms. The van der Waals surface area contributed by atoms with Crippen LogP contribution in [0.3, 0.4) is 0 Å². The van der Waals surface area contributed by atoms with Crippen molar-refractivity contribution in [3.8, 4) is 0 Å². The van der Waals surface area contributed by atoms with E-state index in [0.29, 0.717) is 12.6 Å². The maximum absolute atomic E-state index is 11.7. The molecule has 1 N–H and O–H groups in total. The van der Waals surface area contributed by atoms with E-state index < -0.39 is 0 Å². The Labute approximate surface area is 103 Å². The van der Waals surface area contributed by atoms with E-state index in [-0.39, 0.29) is 12.0 Å². The predicted octanol–water partition coefficient (Wildman–Crippen LogP) is 0.766. The third kappa shape index (κ3) is 2.63. The molecule has 3 aliphatic rings. The van der Waals surface area contributed by atoms with E-state index in [2.05, 4.69) is 10.2 Å². The minimum absolute atomic E-state index is 0.0145. The van der Waals surface area contributed by atoms with E-state index >= 15 is 0 Å². The summed E-state index contributed by atoms with van der Waals surface area (Å²) in [6, 6.07) is 0.719. The van der Waals surface area contributed by atoms with Gasteiger partial charge in [-0.3, -0.25) is 9.69 Å². The van der Waals surface area contributed by atoms with Crippen LogP contribution in [0.4, 0.5) is 0 Å². The number of hydrogen-bond acceptors (Lipinski definition) is 4. The quantitative estimate of drug-likeness (QED) is 0.734. The van der Waals surface area contributed by atoms with E-state index in [1.165, 1.54) is 25.7 Å². The monoisotopic (exact) mass is 238 g/mol. The number of carbonyl (C=O) groups is 1. The van der Waals surface area contributed by atoms with E-state index in [0.717, 1.165) is 32.0 Å². The molecule has 4 nitrogen and oxygen atoms in total. The van der Waals surface area contributed by atoms with Crippen molar-refractivity contribution in [1.29, 1.82) is 0 Å². The Morgan fingerprint density at radius 3 is 2.76 bits per heavy atom. The van der Waals surface area contributed by atoms with Gasteiger partial charge in [0, 0.05) is 19.0 Å². The minimum Gasteiger partial charge on any atom is -0.464 e. The lowest BCUT2D eigenvalue weighted by Crippen LogP contribution is -2.46. The maximum Gasteiger partial charge on any atom is 0.323 e. The Balaban J connectivity index is 1.61. The standard InChI is InChI=1S/C13H22N2O2/c16-13-12(5-7-17-13)15(11-3-4-11)9-10-2-1-6-14-8-10/h10-12,14H,1-9H2. The first-order chi connectivity index (χ1) is 8.34. The molecule has 3 fully saturated rings. The van der Waals surface area contributed by atoms with Crippen LogP contribution in [0.5, 0.6) is 0 Å². The van der Waals surface area contributed by atoms with E-state index in [9.17, 15) is 4.79 Å². The number of carbonyl (C=O) groups excluding carboxylic acids is 1. The zero-order valence-electron chi connectivity index (χ0n) is 10.4. The molecule has 2 saturated heterocycles. The third-order valence-corrected chi connectivity index (χ3v) is 4.19. The lowest BCUT2D eigenvalue weighted by atomic mass is 9.98. The Morgan fingerprint density at radius 2 is 2.18 bits per heavy atom. The van der Waals surface area contributed by atoms with Crippen molar-refractivity contribution in [1.82, 2.24) is 10.2 Å². The summed E-state index contributed by atoms with van der Waals surface area (Å²) < 4.78 is 5.12. The summed E-state index contributed by atoms with van der Waals surface area (Å²) in [6.07, 6.45) is 6.01. The fourth-order valence-corrected chi connectivity index (χ4v) is 3.10. The van der Waals surface area contributed by atoms with Gasteiger partial charge in [0.1, 0.15) is 6.04 Å². The normalized spacial score (nSPS) is 34.1. The summed E-state index contributed by atoms with van der Waals surface area (Å²) >= 11 is 0. The van der Waals surface area contributed by atoms with Gasteiger partial charge in [-0.05, 0) is 44.7 Å². The van der Waals surface area contributed by atoms with Crippen molar-refractivity contribution in [3.05, 3.63) is 0 Å². The maximum atomic E-state index is 11.7. The van der Waals surface area contributed by atoms with Crippen LogP contribution in [0.2, 0.25) is 0 Å². The average molecular weight is 238 g/mol. The van der Waals surface area contributed by atoms with Crippen molar-refractivity contribution in [2.24, 2.45) is 5.92 Å². The number of hydrogen-bond donors (Lipinski definition) is 1. The molecule has 17 heavy (non-hydrogen) atoms. The Bertz CT molecular complexity index is 285. The summed E-state index contributed by atoms with van der Waals surface area (Å²) in [4.78, 5) is 14.1. The molecule has 4 heteroatoms. The molecule has 0 amide bonds. The van der Waals surface area contributed by atoms with Gasteiger partial charge in [-0.25, -0.2) is 0 Å². The zero-order chi connectivity index (χ0) is 11.7.